The fourth-order valence-corrected chi connectivity index (χ4v) is 5.76. The standard InChI is InChI=1S/C33H27ClFN7O5/c1-36-30(43)25-13-10-19(16-37-25)21-4-2-5-23-22(21)14-15-41(29(23)31(44)38-20-11-8-18(9-12-20)33(46)47)32(45)26-17-42(40-39-26)27-7-3-6-24(34)28(27)35/h2-13,16-17,29,32,45H,14-15H2,1H3,(H,36,43)(H,38,44)(H,46,47). The first-order chi connectivity index (χ1) is 22.7. The molecule has 14 heteroatoms. The van der Waals surface area contributed by atoms with Crippen LogP contribution in [0, 0.1) is 5.82 Å². The van der Waals surface area contributed by atoms with Crippen molar-refractivity contribution >= 4 is 35.1 Å². The van der Waals surface area contributed by atoms with E-state index in [4.69, 9.17) is 11.6 Å². The lowest BCUT2D eigenvalue weighted by Crippen LogP contribution is -2.44. The summed E-state index contributed by atoms with van der Waals surface area (Å²) in [7, 11) is 1.52. The van der Waals surface area contributed by atoms with Gasteiger partial charge in [0.2, 0.25) is 5.91 Å². The molecule has 0 bridgehead atoms. The van der Waals surface area contributed by atoms with Crippen LogP contribution in [-0.4, -0.2) is 66.5 Å². The maximum atomic E-state index is 14.7. The lowest BCUT2D eigenvalue weighted by Gasteiger charge is -2.39. The Hall–Kier alpha value is -5.50. The molecule has 12 nitrogen and oxygen atoms in total. The number of hydrogen-bond acceptors (Lipinski definition) is 8. The van der Waals surface area contributed by atoms with E-state index in [9.17, 15) is 29.0 Å². The van der Waals surface area contributed by atoms with Crippen molar-refractivity contribution in [1.82, 2.24) is 30.2 Å². The molecule has 2 aromatic heterocycles. The monoisotopic (exact) mass is 655 g/mol. The van der Waals surface area contributed by atoms with Crippen LogP contribution in [0.4, 0.5) is 10.1 Å². The van der Waals surface area contributed by atoms with Crippen LogP contribution in [0.3, 0.4) is 0 Å². The number of carbonyl (C=O) groups excluding carboxylic acids is 2. The Bertz CT molecular complexity index is 1980. The molecular weight excluding hydrogens is 629 g/mol. The molecule has 0 radical (unpaired) electrons. The molecule has 3 aromatic carbocycles. The highest BCUT2D eigenvalue weighted by molar-refractivity contribution is 6.30. The molecule has 0 aliphatic carbocycles. The molecule has 2 unspecified atom stereocenters. The summed E-state index contributed by atoms with van der Waals surface area (Å²) < 4.78 is 15.9. The van der Waals surface area contributed by atoms with Gasteiger partial charge in [-0.25, -0.2) is 13.9 Å². The number of amides is 2. The molecule has 47 heavy (non-hydrogen) atoms. The Morgan fingerprint density at radius 1 is 1.04 bits per heavy atom. The summed E-state index contributed by atoms with van der Waals surface area (Å²) in [5, 5.41) is 34.2. The summed E-state index contributed by atoms with van der Waals surface area (Å²) in [5.41, 5.74) is 3.77. The Morgan fingerprint density at radius 2 is 1.81 bits per heavy atom. The first-order valence-corrected chi connectivity index (χ1v) is 14.8. The van der Waals surface area contributed by atoms with Gasteiger partial charge in [0.15, 0.2) is 12.0 Å². The van der Waals surface area contributed by atoms with Gasteiger partial charge < -0.3 is 20.8 Å². The molecule has 6 rings (SSSR count). The summed E-state index contributed by atoms with van der Waals surface area (Å²) in [5.74, 6) is -2.62. The van der Waals surface area contributed by atoms with Crippen LogP contribution < -0.4 is 10.6 Å². The van der Waals surface area contributed by atoms with Crippen LogP contribution >= 0.6 is 11.6 Å². The van der Waals surface area contributed by atoms with Gasteiger partial charge in [-0.1, -0.05) is 47.1 Å². The van der Waals surface area contributed by atoms with E-state index in [2.05, 4.69) is 25.9 Å². The predicted octanol–water partition coefficient (Wildman–Crippen LogP) is 4.41. The van der Waals surface area contributed by atoms with Gasteiger partial charge >= 0.3 is 5.97 Å². The van der Waals surface area contributed by atoms with E-state index < -0.39 is 30.0 Å². The number of hydrogen-bond donors (Lipinski definition) is 4. The minimum atomic E-state index is -1.43. The Balaban J connectivity index is 1.38. The number of pyridine rings is 1. The third-order valence-electron chi connectivity index (χ3n) is 7.91. The van der Waals surface area contributed by atoms with Crippen LogP contribution in [0.1, 0.15) is 49.9 Å². The van der Waals surface area contributed by atoms with Crippen molar-refractivity contribution in [2.75, 3.05) is 18.9 Å². The van der Waals surface area contributed by atoms with Crippen LogP contribution in [-0.2, 0) is 11.2 Å². The van der Waals surface area contributed by atoms with E-state index in [0.29, 0.717) is 17.7 Å². The van der Waals surface area contributed by atoms with Crippen LogP contribution in [0.5, 0.6) is 0 Å². The molecule has 2 amide bonds. The van der Waals surface area contributed by atoms with Gasteiger partial charge in [-0.2, -0.15) is 0 Å². The summed E-state index contributed by atoms with van der Waals surface area (Å²) in [6, 6.07) is 18.0. The van der Waals surface area contributed by atoms with Gasteiger partial charge in [0, 0.05) is 31.0 Å². The number of carboxylic acids is 1. The highest BCUT2D eigenvalue weighted by Gasteiger charge is 2.39. The number of nitrogens with zero attached hydrogens (tertiary/aromatic N) is 5. The molecule has 4 N–H and O–H groups in total. The van der Waals surface area contributed by atoms with Crippen molar-refractivity contribution in [3.8, 4) is 16.8 Å². The Morgan fingerprint density at radius 3 is 2.51 bits per heavy atom. The van der Waals surface area contributed by atoms with E-state index in [0.717, 1.165) is 21.4 Å². The van der Waals surface area contributed by atoms with Crippen LogP contribution in [0.15, 0.2) is 85.2 Å². The number of aliphatic hydroxyl groups excluding tert-OH is 1. The minimum Gasteiger partial charge on any atom is -0.478 e. The SMILES string of the molecule is CNC(=O)c1ccc(-c2cccc3c2CCN(C(O)c2cn(-c4cccc(Cl)c4F)nn2)C3C(=O)Nc2ccc(C(=O)O)cc2)cn1. The summed E-state index contributed by atoms with van der Waals surface area (Å²) in [4.78, 5) is 43.3. The van der Waals surface area contributed by atoms with Crippen molar-refractivity contribution in [2.45, 2.75) is 18.7 Å². The van der Waals surface area contributed by atoms with Crippen molar-refractivity contribution in [2.24, 2.45) is 0 Å². The summed E-state index contributed by atoms with van der Waals surface area (Å²) >= 11 is 5.94. The second kappa shape index (κ2) is 13.1. The van der Waals surface area contributed by atoms with Crippen molar-refractivity contribution in [1.29, 1.82) is 0 Å². The van der Waals surface area contributed by atoms with E-state index in [-0.39, 0.29) is 40.1 Å². The largest absolute Gasteiger partial charge is 0.478 e. The van der Waals surface area contributed by atoms with Gasteiger partial charge in [0.25, 0.3) is 5.91 Å². The van der Waals surface area contributed by atoms with Gasteiger partial charge in [-0.05, 0) is 65.6 Å². The number of rotatable bonds is 8. The highest BCUT2D eigenvalue weighted by Crippen LogP contribution is 2.40. The second-order valence-corrected chi connectivity index (χ2v) is 11.1. The number of aromatic nitrogens is 4. The minimum absolute atomic E-state index is 0.0345. The lowest BCUT2D eigenvalue weighted by molar-refractivity contribution is -0.128. The molecule has 5 aromatic rings. The zero-order valence-corrected chi connectivity index (χ0v) is 25.5. The number of halogens is 2. The Kier molecular flexibility index (Phi) is 8.76. The molecule has 1 aliphatic rings. The fourth-order valence-electron chi connectivity index (χ4n) is 5.59. The third kappa shape index (κ3) is 6.19. The second-order valence-electron chi connectivity index (χ2n) is 10.7. The molecule has 0 saturated heterocycles. The topological polar surface area (TPSA) is 163 Å². The summed E-state index contributed by atoms with van der Waals surface area (Å²) in [6.45, 7) is 0.212. The maximum Gasteiger partial charge on any atom is 0.335 e. The van der Waals surface area contributed by atoms with E-state index in [1.807, 2.05) is 6.07 Å². The third-order valence-corrected chi connectivity index (χ3v) is 8.20. The summed E-state index contributed by atoms with van der Waals surface area (Å²) in [6.07, 6.45) is 1.95. The number of fused-ring (bicyclic) bond motifs is 1. The molecule has 1 aliphatic heterocycles. The zero-order valence-electron chi connectivity index (χ0n) is 24.8. The molecule has 0 spiro atoms. The van der Waals surface area contributed by atoms with E-state index >= 15 is 0 Å². The number of carboxylic acid groups (broad SMARTS) is 1. The van der Waals surface area contributed by atoms with Crippen molar-refractivity contribution < 1.29 is 29.0 Å². The number of carbonyl (C=O) groups is 3. The maximum absolute atomic E-state index is 14.7. The predicted molar refractivity (Wildman–Crippen MR) is 170 cm³/mol. The van der Waals surface area contributed by atoms with Crippen LogP contribution in [0.25, 0.3) is 16.8 Å². The molecule has 3 heterocycles. The zero-order chi connectivity index (χ0) is 33.2. The first kappa shape index (κ1) is 31.5. The van der Waals surface area contributed by atoms with Crippen molar-refractivity contribution in [3.63, 3.8) is 0 Å². The quantitative estimate of drug-likeness (QED) is 0.190. The lowest BCUT2D eigenvalue weighted by atomic mass is 9.86. The smallest absolute Gasteiger partial charge is 0.335 e. The van der Waals surface area contributed by atoms with Crippen LogP contribution in [0.2, 0.25) is 5.02 Å². The highest BCUT2D eigenvalue weighted by atomic mass is 35.5. The normalized spacial score (nSPS) is 15.0. The number of aliphatic hydroxyl groups is 1. The molecular formula is C33H27ClFN7O5. The molecule has 0 saturated carbocycles. The van der Waals surface area contributed by atoms with Crippen molar-refractivity contribution in [3.05, 3.63) is 124 Å². The van der Waals surface area contributed by atoms with Gasteiger partial charge in [-0.15, -0.1) is 5.10 Å². The first-order valence-electron chi connectivity index (χ1n) is 14.4. The Labute approximate surface area is 272 Å². The number of aromatic carboxylic acids is 1. The molecule has 2 atom stereocenters. The average molecular weight is 656 g/mol. The molecule has 238 valence electrons. The van der Waals surface area contributed by atoms with Gasteiger partial charge in [-0.3, -0.25) is 19.5 Å². The van der Waals surface area contributed by atoms with E-state index in [1.54, 1.807) is 41.4 Å². The average Bonchev–Trinajstić information content (AvgIpc) is 3.58. The van der Waals surface area contributed by atoms with Gasteiger partial charge in [0.05, 0.1) is 16.8 Å². The van der Waals surface area contributed by atoms with Gasteiger partial charge in [0.1, 0.15) is 23.1 Å². The molecule has 0 fully saturated rings. The van der Waals surface area contributed by atoms with E-state index in [1.165, 1.54) is 49.6 Å². The number of nitrogens with one attached hydrogen (secondary N) is 2. The number of anilines is 1. The fraction of sp³-hybridized carbons (Fsp3) is 0.152. The number of benzene rings is 3.